The van der Waals surface area contributed by atoms with E-state index in [0.29, 0.717) is 40.4 Å². The number of methoxy groups -OCH3 is 1. The fourth-order valence-electron chi connectivity index (χ4n) is 4.20. The van der Waals surface area contributed by atoms with Gasteiger partial charge in [0.05, 0.1) is 23.6 Å². The van der Waals surface area contributed by atoms with Gasteiger partial charge in [0.25, 0.3) is 0 Å². The molecule has 0 aromatic carbocycles. The highest BCUT2D eigenvalue weighted by molar-refractivity contribution is 6.18. The third-order valence-electron chi connectivity index (χ3n) is 5.89. The summed E-state index contributed by atoms with van der Waals surface area (Å²) in [5, 5.41) is 0.622. The van der Waals surface area contributed by atoms with Gasteiger partial charge in [-0.2, -0.15) is 4.39 Å². The van der Waals surface area contributed by atoms with E-state index in [9.17, 15) is 9.18 Å². The van der Waals surface area contributed by atoms with Gasteiger partial charge in [0.15, 0.2) is 5.78 Å². The van der Waals surface area contributed by atoms with Crippen LogP contribution in [0.5, 0.6) is 5.88 Å². The van der Waals surface area contributed by atoms with Crippen molar-refractivity contribution in [3.63, 3.8) is 0 Å². The third-order valence-corrected chi connectivity index (χ3v) is 5.89. The normalized spacial score (nSPS) is 13.9. The molecule has 168 valence electrons. The second kappa shape index (κ2) is 8.93. The zero-order valence-electron chi connectivity index (χ0n) is 18.2. The predicted molar refractivity (Wildman–Crippen MR) is 121 cm³/mol. The van der Waals surface area contributed by atoms with Crippen LogP contribution in [0, 0.1) is 5.95 Å². The van der Waals surface area contributed by atoms with Gasteiger partial charge < -0.3 is 14.6 Å². The number of carbonyl (C=O) groups is 1. The molecule has 4 aromatic heterocycles. The number of ether oxygens (including phenoxy) is 1. The average molecular weight is 446 g/mol. The Kier molecular flexibility index (Phi) is 5.68. The van der Waals surface area contributed by atoms with E-state index in [1.165, 1.54) is 18.8 Å². The van der Waals surface area contributed by atoms with Crippen molar-refractivity contribution >= 4 is 22.6 Å². The minimum Gasteiger partial charge on any atom is -0.481 e. The van der Waals surface area contributed by atoms with Crippen LogP contribution in [-0.2, 0) is 6.42 Å². The van der Waals surface area contributed by atoms with E-state index < -0.39 is 11.7 Å². The molecule has 33 heavy (non-hydrogen) atoms. The lowest BCUT2D eigenvalue weighted by atomic mass is 10.0. The van der Waals surface area contributed by atoms with Crippen LogP contribution in [0.2, 0.25) is 0 Å². The smallest absolute Gasteiger partial charge is 0.224 e. The number of nitrogens with one attached hydrogen (secondary N) is 1. The van der Waals surface area contributed by atoms with Crippen LogP contribution in [0.15, 0.2) is 43.0 Å². The molecular weight excluding hydrogens is 423 g/mol. The van der Waals surface area contributed by atoms with Crippen LogP contribution in [-0.4, -0.2) is 50.9 Å². The van der Waals surface area contributed by atoms with Crippen molar-refractivity contribution in [3.8, 4) is 5.88 Å². The number of fused-ring (bicyclic) bond motifs is 1. The van der Waals surface area contributed by atoms with Crippen molar-refractivity contribution in [2.24, 2.45) is 0 Å². The Hall–Kier alpha value is -3.88. The molecular formula is C24H23FN6O2. The van der Waals surface area contributed by atoms with Gasteiger partial charge >= 0.3 is 0 Å². The van der Waals surface area contributed by atoms with Gasteiger partial charge in [-0.25, -0.2) is 19.9 Å². The number of H-pyrrole nitrogens is 1. The maximum atomic E-state index is 14.9. The van der Waals surface area contributed by atoms with E-state index in [-0.39, 0.29) is 5.56 Å². The van der Waals surface area contributed by atoms with Gasteiger partial charge in [0.2, 0.25) is 11.8 Å². The summed E-state index contributed by atoms with van der Waals surface area (Å²) in [5.74, 6) is -0.0339. The van der Waals surface area contributed by atoms with Gasteiger partial charge in [0, 0.05) is 43.7 Å². The molecule has 5 heterocycles. The number of nitrogens with zero attached hydrogens (tertiary/aromatic N) is 5. The number of pyridine rings is 2. The van der Waals surface area contributed by atoms with E-state index in [0.717, 1.165) is 31.5 Å². The number of halogens is 1. The van der Waals surface area contributed by atoms with Crippen LogP contribution in [0.4, 0.5) is 10.2 Å². The lowest BCUT2D eigenvalue weighted by molar-refractivity contribution is 0.103. The molecule has 0 spiro atoms. The Morgan fingerprint density at radius 3 is 2.67 bits per heavy atom. The largest absolute Gasteiger partial charge is 0.481 e. The number of rotatable bonds is 6. The lowest BCUT2D eigenvalue weighted by Gasteiger charge is -2.28. The Labute approximate surface area is 189 Å². The zero-order chi connectivity index (χ0) is 22.8. The molecule has 5 rings (SSSR count). The number of anilines is 1. The summed E-state index contributed by atoms with van der Waals surface area (Å²) in [6, 6.07) is 6.73. The monoisotopic (exact) mass is 446 g/mol. The molecule has 8 nitrogen and oxygen atoms in total. The standard InChI is InChI=1S/C24H23FN6O2/c1-33-19-8-5-15(12-26-19)11-16-6-7-17(22(25)30-16)21(32)18-13-27-23-20(18)24(29-14-28-23)31-9-3-2-4-10-31/h5-8,12-14H,2-4,9-11H2,1H3,(H,27,28,29). The van der Waals surface area contributed by atoms with Gasteiger partial charge in [0.1, 0.15) is 17.8 Å². The molecule has 0 atom stereocenters. The SMILES string of the molecule is COc1ccc(Cc2ccc(C(=O)c3c[nH]c4ncnc(N5CCCCC5)c34)c(F)n2)cn1. The Bertz CT molecular complexity index is 1300. The Balaban J connectivity index is 1.44. The van der Waals surface area contributed by atoms with Crippen LogP contribution in [0.1, 0.15) is 46.4 Å². The van der Waals surface area contributed by atoms with Crippen LogP contribution in [0.3, 0.4) is 0 Å². The highest BCUT2D eigenvalue weighted by Crippen LogP contribution is 2.30. The molecule has 4 aromatic rings. The topological polar surface area (TPSA) is 96.9 Å². The summed E-state index contributed by atoms with van der Waals surface area (Å²) in [7, 11) is 1.55. The summed E-state index contributed by atoms with van der Waals surface area (Å²) >= 11 is 0. The summed E-state index contributed by atoms with van der Waals surface area (Å²) in [6.45, 7) is 1.74. The Morgan fingerprint density at radius 2 is 1.94 bits per heavy atom. The molecule has 1 saturated heterocycles. The number of aromatic nitrogens is 5. The molecule has 0 saturated carbocycles. The fourth-order valence-corrected chi connectivity index (χ4v) is 4.20. The molecule has 1 N–H and O–H groups in total. The molecule has 0 bridgehead atoms. The first-order chi connectivity index (χ1) is 16.1. The minimum atomic E-state index is -0.801. The highest BCUT2D eigenvalue weighted by atomic mass is 19.1. The van der Waals surface area contributed by atoms with Crippen molar-refractivity contribution in [3.05, 3.63) is 71.3 Å². The van der Waals surface area contributed by atoms with Crippen LogP contribution in [0.25, 0.3) is 11.0 Å². The first kappa shape index (κ1) is 21.0. The van der Waals surface area contributed by atoms with E-state index in [4.69, 9.17) is 4.74 Å². The number of aromatic amines is 1. The molecule has 1 aliphatic rings. The molecule has 1 aliphatic heterocycles. The van der Waals surface area contributed by atoms with Crippen molar-refractivity contribution in [2.45, 2.75) is 25.7 Å². The third kappa shape index (κ3) is 4.13. The van der Waals surface area contributed by atoms with E-state index >= 15 is 0 Å². The quantitative estimate of drug-likeness (QED) is 0.356. The molecule has 0 radical (unpaired) electrons. The fraction of sp³-hybridized carbons (Fsp3) is 0.292. The van der Waals surface area contributed by atoms with Gasteiger partial charge in [-0.1, -0.05) is 6.07 Å². The van der Waals surface area contributed by atoms with E-state index in [1.54, 1.807) is 31.6 Å². The highest BCUT2D eigenvalue weighted by Gasteiger charge is 2.24. The van der Waals surface area contributed by atoms with Crippen molar-refractivity contribution < 1.29 is 13.9 Å². The molecule has 1 fully saturated rings. The first-order valence-electron chi connectivity index (χ1n) is 10.9. The average Bonchev–Trinajstić information content (AvgIpc) is 3.29. The molecule has 0 unspecified atom stereocenters. The van der Waals surface area contributed by atoms with Gasteiger partial charge in [-0.05, 0) is 37.0 Å². The van der Waals surface area contributed by atoms with Gasteiger partial charge in [-0.3, -0.25) is 4.79 Å². The number of hydrogen-bond acceptors (Lipinski definition) is 7. The maximum Gasteiger partial charge on any atom is 0.224 e. The predicted octanol–water partition coefficient (Wildman–Crippen LogP) is 3.71. The van der Waals surface area contributed by atoms with Crippen molar-refractivity contribution in [1.29, 1.82) is 0 Å². The maximum absolute atomic E-state index is 14.9. The van der Waals surface area contributed by atoms with Crippen LogP contribution < -0.4 is 9.64 Å². The summed E-state index contributed by atoms with van der Waals surface area (Å²) < 4.78 is 20.0. The minimum absolute atomic E-state index is 0.0825. The number of carbonyl (C=O) groups excluding carboxylic acids is 1. The first-order valence-corrected chi connectivity index (χ1v) is 10.9. The van der Waals surface area contributed by atoms with E-state index in [2.05, 4.69) is 29.8 Å². The summed E-state index contributed by atoms with van der Waals surface area (Å²) in [5.41, 5.74) is 2.19. The molecule has 0 aliphatic carbocycles. The van der Waals surface area contributed by atoms with Gasteiger partial charge in [-0.15, -0.1) is 0 Å². The number of piperidine rings is 1. The Morgan fingerprint density at radius 1 is 1.09 bits per heavy atom. The molecule has 9 heteroatoms. The van der Waals surface area contributed by atoms with Crippen LogP contribution >= 0.6 is 0 Å². The van der Waals surface area contributed by atoms with E-state index in [1.807, 2.05) is 6.07 Å². The summed E-state index contributed by atoms with van der Waals surface area (Å²) in [4.78, 5) is 35.4. The van der Waals surface area contributed by atoms with Crippen molar-refractivity contribution in [1.82, 2.24) is 24.9 Å². The zero-order valence-corrected chi connectivity index (χ0v) is 18.2. The lowest BCUT2D eigenvalue weighted by Crippen LogP contribution is -2.30. The molecule has 0 amide bonds. The second-order valence-corrected chi connectivity index (χ2v) is 8.03. The second-order valence-electron chi connectivity index (χ2n) is 8.03. The number of hydrogen-bond donors (Lipinski definition) is 1. The number of ketones is 1. The summed E-state index contributed by atoms with van der Waals surface area (Å²) in [6.07, 6.45) is 8.44. The van der Waals surface area contributed by atoms with Crippen molar-refractivity contribution in [2.75, 3.05) is 25.1 Å².